The Kier molecular flexibility index (Phi) is 16.7. The SMILES string of the molecule is CCCCCCCCCCOc1ccc(C(=O)Oc2ccc(CC[C@H]3CC[C@H](CCCCCCC)CC3)cc2)cc1. The number of hydrogen-bond acceptors (Lipinski definition) is 3. The molecule has 0 aliphatic heterocycles. The van der Waals surface area contributed by atoms with E-state index in [-0.39, 0.29) is 5.97 Å². The molecular weight excluding hydrogens is 504 g/mol. The van der Waals surface area contributed by atoms with Crippen molar-refractivity contribution in [3.05, 3.63) is 59.7 Å². The Balaban J connectivity index is 1.27. The fourth-order valence-electron chi connectivity index (χ4n) is 6.22. The van der Waals surface area contributed by atoms with E-state index < -0.39 is 0 Å². The molecule has 0 radical (unpaired) electrons. The van der Waals surface area contributed by atoms with Crippen LogP contribution in [-0.4, -0.2) is 12.6 Å². The molecule has 228 valence electrons. The Morgan fingerprint density at radius 3 is 1.73 bits per heavy atom. The lowest BCUT2D eigenvalue weighted by atomic mass is 9.78. The van der Waals surface area contributed by atoms with Crippen LogP contribution in [0.15, 0.2) is 48.5 Å². The maximum Gasteiger partial charge on any atom is 0.343 e. The molecule has 0 saturated heterocycles. The van der Waals surface area contributed by atoms with Crippen LogP contribution >= 0.6 is 0 Å². The summed E-state index contributed by atoms with van der Waals surface area (Å²) in [6.45, 7) is 5.28. The van der Waals surface area contributed by atoms with Gasteiger partial charge in [0, 0.05) is 0 Å². The van der Waals surface area contributed by atoms with Crippen LogP contribution in [0.3, 0.4) is 0 Å². The highest BCUT2D eigenvalue weighted by molar-refractivity contribution is 5.91. The van der Waals surface area contributed by atoms with Crippen LogP contribution < -0.4 is 9.47 Å². The average molecular weight is 563 g/mol. The lowest BCUT2D eigenvalue weighted by molar-refractivity contribution is 0.0734. The van der Waals surface area contributed by atoms with Crippen molar-refractivity contribution in [1.82, 2.24) is 0 Å². The first-order chi connectivity index (χ1) is 20.2. The maximum atomic E-state index is 12.6. The normalized spacial score (nSPS) is 16.9. The van der Waals surface area contributed by atoms with Gasteiger partial charge in [-0.25, -0.2) is 4.79 Å². The summed E-state index contributed by atoms with van der Waals surface area (Å²) in [5.41, 5.74) is 1.88. The van der Waals surface area contributed by atoms with Crippen LogP contribution in [0.25, 0.3) is 0 Å². The minimum Gasteiger partial charge on any atom is -0.494 e. The summed E-state index contributed by atoms with van der Waals surface area (Å²) in [6.07, 6.45) is 26.8. The van der Waals surface area contributed by atoms with E-state index >= 15 is 0 Å². The van der Waals surface area contributed by atoms with E-state index in [1.54, 1.807) is 12.1 Å². The minimum absolute atomic E-state index is 0.325. The number of aryl methyl sites for hydroxylation is 1. The van der Waals surface area contributed by atoms with Crippen molar-refractivity contribution in [2.45, 2.75) is 142 Å². The Labute approximate surface area is 251 Å². The summed E-state index contributed by atoms with van der Waals surface area (Å²) in [5, 5.41) is 0. The number of unbranched alkanes of at least 4 members (excludes halogenated alkanes) is 11. The fourth-order valence-corrected chi connectivity index (χ4v) is 6.22. The van der Waals surface area contributed by atoms with Crippen molar-refractivity contribution in [1.29, 1.82) is 0 Å². The van der Waals surface area contributed by atoms with E-state index in [0.717, 1.165) is 37.0 Å². The Morgan fingerprint density at radius 2 is 1.12 bits per heavy atom. The third-order valence-corrected chi connectivity index (χ3v) is 9.01. The van der Waals surface area contributed by atoms with Crippen LogP contribution in [0.2, 0.25) is 0 Å². The van der Waals surface area contributed by atoms with Gasteiger partial charge in [0.15, 0.2) is 0 Å². The predicted molar refractivity (Wildman–Crippen MR) is 173 cm³/mol. The first kappa shape index (κ1) is 33.2. The third-order valence-electron chi connectivity index (χ3n) is 9.01. The van der Waals surface area contributed by atoms with Gasteiger partial charge in [0.2, 0.25) is 0 Å². The largest absolute Gasteiger partial charge is 0.494 e. The zero-order valence-corrected chi connectivity index (χ0v) is 26.3. The van der Waals surface area contributed by atoms with Gasteiger partial charge in [-0.3, -0.25) is 0 Å². The standard InChI is InChI=1S/C38H58O3/c1-3-5-7-9-10-11-13-15-31-40-36-29-25-35(26-30-36)38(39)41-37-27-23-34(24-28-37)22-21-33-19-17-32(18-20-33)16-14-12-8-6-4-2/h23-30,32-33H,3-22,31H2,1-2H3/t32-,33-. The molecule has 0 bridgehead atoms. The van der Waals surface area contributed by atoms with E-state index in [9.17, 15) is 4.79 Å². The molecule has 0 aromatic heterocycles. The van der Waals surface area contributed by atoms with Gasteiger partial charge in [-0.1, -0.05) is 135 Å². The first-order valence-corrected chi connectivity index (χ1v) is 17.2. The van der Waals surface area contributed by atoms with E-state index in [1.165, 1.54) is 121 Å². The second-order valence-electron chi connectivity index (χ2n) is 12.5. The summed E-state index contributed by atoms with van der Waals surface area (Å²) in [4.78, 5) is 12.6. The van der Waals surface area contributed by atoms with E-state index in [1.807, 2.05) is 24.3 Å². The molecule has 1 fully saturated rings. The molecule has 0 spiro atoms. The number of ether oxygens (including phenoxy) is 2. The van der Waals surface area contributed by atoms with Crippen LogP contribution in [0.5, 0.6) is 11.5 Å². The Hall–Kier alpha value is -2.29. The molecule has 1 aliphatic carbocycles. The Bertz CT molecular complexity index is 925. The van der Waals surface area contributed by atoms with Gasteiger partial charge < -0.3 is 9.47 Å². The zero-order chi connectivity index (χ0) is 29.0. The predicted octanol–water partition coefficient (Wildman–Crippen LogP) is 11.5. The lowest BCUT2D eigenvalue weighted by Crippen LogP contribution is -2.15. The van der Waals surface area contributed by atoms with Crippen LogP contribution in [0.1, 0.15) is 152 Å². The first-order valence-electron chi connectivity index (χ1n) is 17.2. The number of carbonyl (C=O) groups is 1. The highest BCUT2D eigenvalue weighted by Crippen LogP contribution is 2.34. The van der Waals surface area contributed by atoms with Gasteiger partial charge in [-0.15, -0.1) is 0 Å². The smallest absolute Gasteiger partial charge is 0.343 e. The molecule has 0 N–H and O–H groups in total. The van der Waals surface area contributed by atoms with Crippen molar-refractivity contribution in [2.24, 2.45) is 11.8 Å². The third kappa shape index (κ3) is 14.0. The van der Waals surface area contributed by atoms with Crippen LogP contribution in [0, 0.1) is 11.8 Å². The molecule has 2 aromatic rings. The van der Waals surface area contributed by atoms with Crippen molar-refractivity contribution in [3.63, 3.8) is 0 Å². The Morgan fingerprint density at radius 1 is 0.610 bits per heavy atom. The molecule has 0 amide bonds. The minimum atomic E-state index is -0.325. The van der Waals surface area contributed by atoms with Gasteiger partial charge in [-0.05, 0) is 73.1 Å². The highest BCUT2D eigenvalue weighted by atomic mass is 16.5. The molecule has 3 nitrogen and oxygen atoms in total. The van der Waals surface area contributed by atoms with Crippen molar-refractivity contribution < 1.29 is 14.3 Å². The van der Waals surface area contributed by atoms with Crippen LogP contribution in [0.4, 0.5) is 0 Å². The quantitative estimate of drug-likeness (QED) is 0.0862. The summed E-state index contributed by atoms with van der Waals surface area (Å²) < 4.78 is 11.5. The monoisotopic (exact) mass is 562 g/mol. The van der Waals surface area contributed by atoms with Crippen molar-refractivity contribution in [3.8, 4) is 11.5 Å². The zero-order valence-electron chi connectivity index (χ0n) is 26.3. The average Bonchev–Trinajstić information content (AvgIpc) is 3.00. The molecule has 3 heteroatoms. The molecule has 2 aromatic carbocycles. The molecule has 3 rings (SSSR count). The summed E-state index contributed by atoms with van der Waals surface area (Å²) >= 11 is 0. The number of carbonyl (C=O) groups excluding carboxylic acids is 1. The number of rotatable bonds is 21. The van der Waals surface area contributed by atoms with E-state index in [4.69, 9.17) is 9.47 Å². The van der Waals surface area contributed by atoms with Gasteiger partial charge in [-0.2, -0.15) is 0 Å². The molecule has 0 atom stereocenters. The molecular formula is C38H58O3. The van der Waals surface area contributed by atoms with Gasteiger partial charge in [0.05, 0.1) is 12.2 Å². The molecule has 1 saturated carbocycles. The van der Waals surface area contributed by atoms with Crippen molar-refractivity contribution >= 4 is 5.97 Å². The van der Waals surface area contributed by atoms with Crippen LogP contribution in [-0.2, 0) is 6.42 Å². The maximum absolute atomic E-state index is 12.6. The van der Waals surface area contributed by atoms with E-state index in [0.29, 0.717) is 11.3 Å². The van der Waals surface area contributed by atoms with Gasteiger partial charge >= 0.3 is 5.97 Å². The number of esters is 1. The number of hydrogen-bond donors (Lipinski definition) is 0. The van der Waals surface area contributed by atoms with E-state index in [2.05, 4.69) is 26.0 Å². The van der Waals surface area contributed by atoms with Gasteiger partial charge in [0.25, 0.3) is 0 Å². The second-order valence-corrected chi connectivity index (χ2v) is 12.5. The molecule has 0 heterocycles. The molecule has 1 aliphatic rings. The lowest BCUT2D eigenvalue weighted by Gasteiger charge is -2.28. The molecule has 41 heavy (non-hydrogen) atoms. The highest BCUT2D eigenvalue weighted by Gasteiger charge is 2.20. The summed E-state index contributed by atoms with van der Waals surface area (Å²) in [7, 11) is 0. The van der Waals surface area contributed by atoms with Crippen molar-refractivity contribution in [2.75, 3.05) is 6.61 Å². The fraction of sp³-hybridized carbons (Fsp3) is 0.658. The molecule has 0 unspecified atom stereocenters. The second kappa shape index (κ2) is 20.6. The van der Waals surface area contributed by atoms with Gasteiger partial charge in [0.1, 0.15) is 11.5 Å². The number of benzene rings is 2. The summed E-state index contributed by atoms with van der Waals surface area (Å²) in [6, 6.07) is 15.4. The topological polar surface area (TPSA) is 35.5 Å². The summed E-state index contributed by atoms with van der Waals surface area (Å²) in [5.74, 6) is 2.94.